The fourth-order valence-corrected chi connectivity index (χ4v) is 3.87. The van der Waals surface area contributed by atoms with Crippen LogP contribution in [0.15, 0.2) is 53.7 Å². The Morgan fingerprint density at radius 2 is 1.76 bits per heavy atom. The molecule has 0 aromatic heterocycles. The molecule has 1 aliphatic rings. The number of carbonyl (C=O) groups is 2. The van der Waals surface area contributed by atoms with Crippen molar-refractivity contribution in [2.75, 3.05) is 48.6 Å². The van der Waals surface area contributed by atoms with Crippen LogP contribution < -0.4 is 24.8 Å². The highest BCUT2D eigenvalue weighted by molar-refractivity contribution is 5.95. The van der Waals surface area contributed by atoms with Crippen LogP contribution in [0, 0.1) is 0 Å². The van der Waals surface area contributed by atoms with Crippen molar-refractivity contribution in [2.24, 2.45) is 0 Å². The molecule has 0 bridgehead atoms. The fourth-order valence-electron chi connectivity index (χ4n) is 3.87. The smallest absolute Gasteiger partial charge is 0.338 e. The molecule has 2 aromatic carbocycles. The zero-order valence-corrected chi connectivity index (χ0v) is 20.1. The van der Waals surface area contributed by atoms with Gasteiger partial charge in [0.25, 0.3) is 0 Å². The number of benzene rings is 2. The average Bonchev–Trinajstić information content (AvgIpc) is 2.86. The summed E-state index contributed by atoms with van der Waals surface area (Å²) in [5, 5.41) is 5.62. The molecule has 0 radical (unpaired) electrons. The van der Waals surface area contributed by atoms with Gasteiger partial charge in [0.05, 0.1) is 40.1 Å². The second-order valence-corrected chi connectivity index (χ2v) is 7.87. The van der Waals surface area contributed by atoms with Crippen LogP contribution in [-0.2, 0) is 16.0 Å². The van der Waals surface area contributed by atoms with Gasteiger partial charge in [-0.1, -0.05) is 18.2 Å². The van der Waals surface area contributed by atoms with Crippen LogP contribution in [0.1, 0.15) is 17.2 Å². The highest BCUT2D eigenvalue weighted by Gasteiger charge is 2.34. The van der Waals surface area contributed by atoms with Gasteiger partial charge in [0, 0.05) is 18.8 Å². The number of rotatable bonds is 10. The summed E-state index contributed by atoms with van der Waals surface area (Å²) in [6, 6.07) is 12.0. The standard InChI is InChI=1S/C25H31N3O6/c1-28(12-11-16-9-10-20(32-3)21(13-16)33-4)15-19-22(24(29)34-5)23(27-25(30)26-19)17-7-6-8-18(14-17)31-2/h6-10,13-14,23H,11-12,15H2,1-5H3,(H2,26,27,30). The van der Waals surface area contributed by atoms with Crippen LogP contribution in [0.25, 0.3) is 0 Å². The highest BCUT2D eigenvalue weighted by Crippen LogP contribution is 2.30. The maximum Gasteiger partial charge on any atom is 0.338 e. The molecular formula is C25H31N3O6. The van der Waals surface area contributed by atoms with Crippen molar-refractivity contribution < 1.29 is 28.5 Å². The van der Waals surface area contributed by atoms with E-state index in [0.717, 1.165) is 17.5 Å². The molecule has 0 aliphatic carbocycles. The van der Waals surface area contributed by atoms with Gasteiger partial charge in [0.15, 0.2) is 11.5 Å². The van der Waals surface area contributed by atoms with E-state index in [9.17, 15) is 9.59 Å². The van der Waals surface area contributed by atoms with E-state index < -0.39 is 12.0 Å². The van der Waals surface area contributed by atoms with E-state index in [1.165, 1.54) is 7.11 Å². The number of hydrogen-bond acceptors (Lipinski definition) is 7. The summed E-state index contributed by atoms with van der Waals surface area (Å²) in [5.41, 5.74) is 2.65. The minimum atomic E-state index is -0.662. The minimum Gasteiger partial charge on any atom is -0.497 e. The molecule has 1 atom stereocenters. The van der Waals surface area contributed by atoms with E-state index in [2.05, 4.69) is 10.6 Å². The lowest BCUT2D eigenvalue weighted by Crippen LogP contribution is -2.48. The van der Waals surface area contributed by atoms with E-state index in [4.69, 9.17) is 18.9 Å². The summed E-state index contributed by atoms with van der Waals surface area (Å²) in [7, 11) is 8.03. The van der Waals surface area contributed by atoms with Crippen molar-refractivity contribution in [1.82, 2.24) is 15.5 Å². The van der Waals surface area contributed by atoms with Crippen LogP contribution in [-0.4, -0.2) is 65.5 Å². The Hall–Kier alpha value is -3.72. The first-order chi connectivity index (χ1) is 16.4. The molecule has 182 valence electrons. The van der Waals surface area contributed by atoms with Crippen molar-refractivity contribution >= 4 is 12.0 Å². The van der Waals surface area contributed by atoms with Crippen LogP contribution >= 0.6 is 0 Å². The van der Waals surface area contributed by atoms with E-state index in [0.29, 0.717) is 41.6 Å². The van der Waals surface area contributed by atoms with Gasteiger partial charge in [-0.25, -0.2) is 9.59 Å². The first-order valence-corrected chi connectivity index (χ1v) is 10.8. The van der Waals surface area contributed by atoms with Crippen molar-refractivity contribution in [3.05, 3.63) is 64.9 Å². The molecule has 34 heavy (non-hydrogen) atoms. The number of nitrogens with one attached hydrogen (secondary N) is 2. The Morgan fingerprint density at radius 1 is 1.00 bits per heavy atom. The maximum absolute atomic E-state index is 12.8. The van der Waals surface area contributed by atoms with Crippen molar-refractivity contribution in [3.8, 4) is 17.2 Å². The van der Waals surface area contributed by atoms with Gasteiger partial charge in [-0.3, -0.25) is 0 Å². The molecule has 1 unspecified atom stereocenters. The predicted molar refractivity (Wildman–Crippen MR) is 127 cm³/mol. The Morgan fingerprint density at radius 3 is 2.44 bits per heavy atom. The van der Waals surface area contributed by atoms with Gasteiger partial charge >= 0.3 is 12.0 Å². The van der Waals surface area contributed by atoms with E-state index in [1.807, 2.05) is 42.3 Å². The number of esters is 1. The number of ether oxygens (including phenoxy) is 4. The van der Waals surface area contributed by atoms with Crippen LogP contribution in [0.2, 0.25) is 0 Å². The Labute approximate surface area is 199 Å². The number of urea groups is 1. The molecule has 1 aliphatic heterocycles. The first-order valence-electron chi connectivity index (χ1n) is 10.8. The Kier molecular flexibility index (Phi) is 8.37. The molecule has 3 rings (SSSR count). The number of likely N-dealkylation sites (N-methyl/N-ethyl adjacent to an activating group) is 1. The molecule has 2 N–H and O–H groups in total. The van der Waals surface area contributed by atoms with Gasteiger partial charge in [0.1, 0.15) is 5.75 Å². The third kappa shape index (κ3) is 5.79. The molecule has 0 saturated heterocycles. The quantitative estimate of drug-likeness (QED) is 0.516. The van der Waals surface area contributed by atoms with Crippen molar-refractivity contribution in [1.29, 1.82) is 0 Å². The Balaban J connectivity index is 1.82. The third-order valence-electron chi connectivity index (χ3n) is 5.64. The predicted octanol–water partition coefficient (Wildman–Crippen LogP) is 2.67. The number of hydrogen-bond donors (Lipinski definition) is 2. The lowest BCUT2D eigenvalue weighted by atomic mass is 9.94. The van der Waals surface area contributed by atoms with Crippen LogP contribution in [0.3, 0.4) is 0 Å². The van der Waals surface area contributed by atoms with Gasteiger partial charge in [-0.2, -0.15) is 0 Å². The lowest BCUT2D eigenvalue weighted by molar-refractivity contribution is -0.136. The lowest BCUT2D eigenvalue weighted by Gasteiger charge is -2.31. The summed E-state index contributed by atoms with van der Waals surface area (Å²) in [6.07, 6.45) is 0.739. The molecular weight excluding hydrogens is 438 g/mol. The molecule has 2 aromatic rings. The summed E-state index contributed by atoms with van der Waals surface area (Å²) in [4.78, 5) is 27.3. The minimum absolute atomic E-state index is 0.353. The topological polar surface area (TPSA) is 98.4 Å². The zero-order chi connectivity index (χ0) is 24.7. The zero-order valence-electron chi connectivity index (χ0n) is 20.1. The average molecular weight is 470 g/mol. The van der Waals surface area contributed by atoms with Crippen molar-refractivity contribution in [2.45, 2.75) is 12.5 Å². The van der Waals surface area contributed by atoms with Crippen LogP contribution in [0.4, 0.5) is 4.79 Å². The fraction of sp³-hybridized carbons (Fsp3) is 0.360. The first kappa shape index (κ1) is 24.9. The molecule has 0 saturated carbocycles. The summed E-state index contributed by atoms with van der Waals surface area (Å²) in [5.74, 6) is 1.46. The molecule has 2 amide bonds. The second kappa shape index (κ2) is 11.4. The largest absolute Gasteiger partial charge is 0.497 e. The summed E-state index contributed by atoms with van der Waals surface area (Å²) < 4.78 is 21.0. The SMILES string of the molecule is COC(=O)C1=C(CN(C)CCc2ccc(OC)c(OC)c2)NC(=O)NC1c1cccc(OC)c1. The van der Waals surface area contributed by atoms with Crippen LogP contribution in [0.5, 0.6) is 17.2 Å². The van der Waals surface area contributed by atoms with Gasteiger partial charge < -0.3 is 34.5 Å². The molecule has 0 fully saturated rings. The number of carbonyl (C=O) groups excluding carboxylic acids is 2. The number of nitrogens with zero attached hydrogens (tertiary/aromatic N) is 1. The second-order valence-electron chi connectivity index (χ2n) is 7.87. The maximum atomic E-state index is 12.8. The third-order valence-corrected chi connectivity index (χ3v) is 5.64. The van der Waals surface area contributed by atoms with Gasteiger partial charge in [-0.05, 0) is 48.9 Å². The number of amides is 2. The molecule has 1 heterocycles. The number of methoxy groups -OCH3 is 4. The monoisotopic (exact) mass is 469 g/mol. The highest BCUT2D eigenvalue weighted by atomic mass is 16.5. The Bertz CT molecular complexity index is 1070. The molecule has 0 spiro atoms. The van der Waals surface area contributed by atoms with Gasteiger partial charge in [0.2, 0.25) is 0 Å². The van der Waals surface area contributed by atoms with Gasteiger partial charge in [-0.15, -0.1) is 0 Å². The van der Waals surface area contributed by atoms with Crippen molar-refractivity contribution in [3.63, 3.8) is 0 Å². The van der Waals surface area contributed by atoms with E-state index >= 15 is 0 Å². The molecule has 9 nitrogen and oxygen atoms in total. The molecule has 9 heteroatoms. The summed E-state index contributed by atoms with van der Waals surface area (Å²) >= 11 is 0. The summed E-state index contributed by atoms with van der Waals surface area (Å²) in [6.45, 7) is 1.03. The van der Waals surface area contributed by atoms with E-state index in [1.54, 1.807) is 33.5 Å². The van der Waals surface area contributed by atoms with E-state index in [-0.39, 0.29) is 6.03 Å². The normalized spacial score (nSPS) is 15.5.